The van der Waals surface area contributed by atoms with Crippen molar-refractivity contribution in [1.29, 1.82) is 0 Å². The Labute approximate surface area is 149 Å². The zero-order valence-electron chi connectivity index (χ0n) is 14.9. The molecule has 1 aromatic carbocycles. The quantitative estimate of drug-likeness (QED) is 0.550. The Kier molecular flexibility index (Phi) is 7.16. The monoisotopic (exact) mass is 345 g/mol. The third-order valence-electron chi connectivity index (χ3n) is 4.80. The summed E-state index contributed by atoms with van der Waals surface area (Å²) in [5, 5.41) is 8.98. The van der Waals surface area contributed by atoms with Crippen LogP contribution in [0.2, 0.25) is 0 Å². The van der Waals surface area contributed by atoms with E-state index in [0.717, 1.165) is 12.8 Å². The van der Waals surface area contributed by atoms with Crippen molar-refractivity contribution in [3.05, 3.63) is 35.4 Å². The van der Waals surface area contributed by atoms with Gasteiger partial charge in [-0.15, -0.1) is 0 Å². The number of nitrogens with zero attached hydrogens (tertiary/aromatic N) is 1. The van der Waals surface area contributed by atoms with Crippen molar-refractivity contribution in [2.24, 2.45) is 5.92 Å². The molecule has 0 aliphatic carbocycles. The van der Waals surface area contributed by atoms with E-state index < -0.39 is 11.9 Å². The Morgan fingerprint density at radius 2 is 1.84 bits per heavy atom. The topological polar surface area (TPSA) is 74.7 Å². The number of ketones is 1. The van der Waals surface area contributed by atoms with E-state index in [1.807, 2.05) is 24.3 Å². The molecule has 0 aromatic heterocycles. The number of carboxylic acids is 1. The van der Waals surface area contributed by atoms with E-state index in [9.17, 15) is 14.4 Å². The number of rotatable bonds is 9. The molecule has 0 spiro atoms. The number of benzene rings is 1. The van der Waals surface area contributed by atoms with Crippen LogP contribution in [-0.4, -0.2) is 40.8 Å². The molecule has 1 aliphatic heterocycles. The third kappa shape index (κ3) is 5.69. The van der Waals surface area contributed by atoms with Crippen LogP contribution in [0.25, 0.3) is 0 Å². The number of carbonyl (C=O) groups is 3. The highest BCUT2D eigenvalue weighted by Crippen LogP contribution is 2.18. The summed E-state index contributed by atoms with van der Waals surface area (Å²) < 4.78 is 0. The van der Waals surface area contributed by atoms with E-state index in [1.54, 1.807) is 4.90 Å². The summed E-state index contributed by atoms with van der Waals surface area (Å²) in [6.45, 7) is 2.90. The summed E-state index contributed by atoms with van der Waals surface area (Å²) in [5.74, 6) is -1.50. The summed E-state index contributed by atoms with van der Waals surface area (Å²) in [6, 6.07) is 7.65. The number of likely N-dealkylation sites (tertiary alicyclic amines) is 1. The Hall–Kier alpha value is -2.17. The molecule has 2 rings (SSSR count). The van der Waals surface area contributed by atoms with Gasteiger partial charge >= 0.3 is 5.97 Å². The Balaban J connectivity index is 1.78. The minimum Gasteiger partial charge on any atom is -0.481 e. The summed E-state index contributed by atoms with van der Waals surface area (Å²) in [5.41, 5.74) is 1.87. The SMILES string of the molecule is CCCCCc1ccc(C(=O)CCC(=O)N2CCC(C(=O)O)C2)cc1. The first kappa shape index (κ1) is 19.2. The largest absolute Gasteiger partial charge is 0.481 e. The molecule has 0 bridgehead atoms. The Morgan fingerprint density at radius 1 is 1.12 bits per heavy atom. The number of unbranched alkanes of at least 4 members (excludes halogenated alkanes) is 2. The zero-order valence-corrected chi connectivity index (χ0v) is 14.9. The molecule has 1 fully saturated rings. The van der Waals surface area contributed by atoms with E-state index in [1.165, 1.54) is 18.4 Å². The van der Waals surface area contributed by atoms with Crippen LogP contribution < -0.4 is 0 Å². The van der Waals surface area contributed by atoms with Crippen molar-refractivity contribution < 1.29 is 19.5 Å². The predicted octanol–water partition coefficient (Wildman–Crippen LogP) is 3.32. The van der Waals surface area contributed by atoms with Gasteiger partial charge in [-0.1, -0.05) is 44.0 Å². The molecule has 1 N–H and O–H groups in total. The summed E-state index contributed by atoms with van der Waals surface area (Å²) >= 11 is 0. The van der Waals surface area contributed by atoms with Gasteiger partial charge in [0.2, 0.25) is 5.91 Å². The molecule has 136 valence electrons. The second-order valence-corrected chi connectivity index (χ2v) is 6.74. The lowest BCUT2D eigenvalue weighted by Crippen LogP contribution is -2.30. The first-order valence-electron chi connectivity index (χ1n) is 9.14. The molecule has 1 atom stereocenters. The normalized spacial score (nSPS) is 16.8. The smallest absolute Gasteiger partial charge is 0.308 e. The lowest BCUT2D eigenvalue weighted by molar-refractivity contribution is -0.141. The van der Waals surface area contributed by atoms with Crippen molar-refractivity contribution in [2.45, 2.75) is 51.9 Å². The Bertz CT molecular complexity index is 609. The predicted molar refractivity (Wildman–Crippen MR) is 95.6 cm³/mol. The highest BCUT2D eigenvalue weighted by Gasteiger charge is 2.30. The van der Waals surface area contributed by atoms with E-state index in [0.29, 0.717) is 18.5 Å². The van der Waals surface area contributed by atoms with Crippen molar-refractivity contribution in [3.8, 4) is 0 Å². The molecule has 1 amide bonds. The van der Waals surface area contributed by atoms with Gasteiger partial charge in [-0.3, -0.25) is 14.4 Å². The standard InChI is InChI=1S/C20H27NO4/c1-2-3-4-5-15-6-8-16(9-7-15)18(22)10-11-19(23)21-13-12-17(14-21)20(24)25/h6-9,17H,2-5,10-14H2,1H3,(H,24,25). The molecule has 0 saturated carbocycles. The van der Waals surface area contributed by atoms with Crippen molar-refractivity contribution in [3.63, 3.8) is 0 Å². The first-order chi connectivity index (χ1) is 12.0. The van der Waals surface area contributed by atoms with Gasteiger partial charge in [-0.2, -0.15) is 0 Å². The lowest BCUT2D eigenvalue weighted by Gasteiger charge is -2.15. The van der Waals surface area contributed by atoms with Crippen LogP contribution in [0.3, 0.4) is 0 Å². The molecule has 1 unspecified atom stereocenters. The number of Topliss-reactive ketones (excluding diaryl/α,β-unsaturated/α-hetero) is 1. The van der Waals surface area contributed by atoms with Crippen LogP contribution in [-0.2, 0) is 16.0 Å². The number of hydrogen-bond donors (Lipinski definition) is 1. The summed E-state index contributed by atoms with van der Waals surface area (Å²) in [6.07, 6.45) is 5.39. The molecule has 1 aliphatic rings. The molecular formula is C20H27NO4. The number of amides is 1. The molecule has 1 heterocycles. The van der Waals surface area contributed by atoms with Gasteiger partial charge in [0.05, 0.1) is 5.92 Å². The highest BCUT2D eigenvalue weighted by atomic mass is 16.4. The van der Waals surface area contributed by atoms with Gasteiger partial charge in [0.25, 0.3) is 0 Å². The van der Waals surface area contributed by atoms with Crippen LogP contribution in [0.15, 0.2) is 24.3 Å². The minimum absolute atomic E-state index is 0.0394. The maximum atomic E-state index is 12.2. The fourth-order valence-corrected chi connectivity index (χ4v) is 3.15. The fourth-order valence-electron chi connectivity index (χ4n) is 3.15. The summed E-state index contributed by atoms with van der Waals surface area (Å²) in [7, 11) is 0. The highest BCUT2D eigenvalue weighted by molar-refractivity contribution is 5.98. The number of aryl methyl sites for hydroxylation is 1. The van der Waals surface area contributed by atoms with Crippen LogP contribution in [0.4, 0.5) is 0 Å². The molecule has 1 aromatic rings. The van der Waals surface area contributed by atoms with Gasteiger partial charge in [0.15, 0.2) is 5.78 Å². The van der Waals surface area contributed by atoms with Crippen LogP contribution in [0.5, 0.6) is 0 Å². The number of carboxylic acid groups (broad SMARTS) is 1. The fraction of sp³-hybridized carbons (Fsp3) is 0.550. The van der Waals surface area contributed by atoms with Gasteiger partial charge in [-0.25, -0.2) is 0 Å². The molecule has 1 saturated heterocycles. The average molecular weight is 345 g/mol. The lowest BCUT2D eigenvalue weighted by atomic mass is 10.0. The maximum Gasteiger partial charge on any atom is 0.308 e. The van der Waals surface area contributed by atoms with Crippen molar-refractivity contribution >= 4 is 17.7 Å². The van der Waals surface area contributed by atoms with Gasteiger partial charge in [-0.05, 0) is 24.8 Å². The van der Waals surface area contributed by atoms with Crippen LogP contribution in [0.1, 0.15) is 61.4 Å². The number of aliphatic carboxylic acids is 1. The Morgan fingerprint density at radius 3 is 2.44 bits per heavy atom. The average Bonchev–Trinajstić information content (AvgIpc) is 3.11. The van der Waals surface area contributed by atoms with E-state index in [-0.39, 0.29) is 31.1 Å². The molecule has 0 radical (unpaired) electrons. The van der Waals surface area contributed by atoms with Gasteiger partial charge < -0.3 is 10.0 Å². The molecule has 5 nitrogen and oxygen atoms in total. The second kappa shape index (κ2) is 9.35. The zero-order chi connectivity index (χ0) is 18.2. The van der Waals surface area contributed by atoms with Gasteiger partial charge in [0.1, 0.15) is 0 Å². The first-order valence-corrected chi connectivity index (χ1v) is 9.14. The van der Waals surface area contributed by atoms with Crippen molar-refractivity contribution in [1.82, 2.24) is 4.90 Å². The van der Waals surface area contributed by atoms with Crippen LogP contribution >= 0.6 is 0 Å². The molecular weight excluding hydrogens is 318 g/mol. The minimum atomic E-state index is -0.856. The number of carbonyl (C=O) groups excluding carboxylic acids is 2. The third-order valence-corrected chi connectivity index (χ3v) is 4.80. The summed E-state index contributed by atoms with van der Waals surface area (Å²) in [4.78, 5) is 36.9. The maximum absolute atomic E-state index is 12.2. The van der Waals surface area contributed by atoms with E-state index >= 15 is 0 Å². The van der Waals surface area contributed by atoms with Crippen molar-refractivity contribution in [2.75, 3.05) is 13.1 Å². The second-order valence-electron chi connectivity index (χ2n) is 6.74. The van der Waals surface area contributed by atoms with Crippen LogP contribution in [0, 0.1) is 5.92 Å². The molecule has 5 heteroatoms. The molecule has 25 heavy (non-hydrogen) atoms. The van der Waals surface area contributed by atoms with E-state index in [4.69, 9.17) is 5.11 Å². The van der Waals surface area contributed by atoms with Gasteiger partial charge in [0, 0.05) is 31.5 Å². The van der Waals surface area contributed by atoms with E-state index in [2.05, 4.69) is 6.92 Å². The number of hydrogen-bond acceptors (Lipinski definition) is 3.